The van der Waals surface area contributed by atoms with Crippen molar-refractivity contribution in [1.29, 1.82) is 0 Å². The van der Waals surface area contributed by atoms with Crippen molar-refractivity contribution in [3.05, 3.63) is 64.7 Å². The van der Waals surface area contributed by atoms with Gasteiger partial charge in [0.1, 0.15) is 0 Å². The lowest BCUT2D eigenvalue weighted by Crippen LogP contribution is -2.39. The van der Waals surface area contributed by atoms with Crippen LogP contribution in [0.4, 0.5) is 18.9 Å². The molecule has 0 aliphatic carbocycles. The highest BCUT2D eigenvalue weighted by atomic mass is 35.5. The van der Waals surface area contributed by atoms with E-state index in [-0.39, 0.29) is 27.3 Å². The molecule has 2 aromatic carbocycles. The zero-order valence-electron chi connectivity index (χ0n) is 15.3. The minimum Gasteiger partial charge on any atom is -0.360 e. The first-order valence-corrected chi connectivity index (χ1v) is 9.27. The summed E-state index contributed by atoms with van der Waals surface area (Å²) in [6.45, 7) is 6.28. The second kappa shape index (κ2) is 8.48. The lowest BCUT2D eigenvalue weighted by molar-refractivity contribution is -0.137. The summed E-state index contributed by atoms with van der Waals surface area (Å²) in [6.07, 6.45) is -3.72. The Morgan fingerprint density at radius 3 is 2.33 bits per heavy atom. The molecule has 2 aromatic rings. The fourth-order valence-electron chi connectivity index (χ4n) is 3.03. The van der Waals surface area contributed by atoms with Gasteiger partial charge in [-0.1, -0.05) is 55.8 Å². The summed E-state index contributed by atoms with van der Waals surface area (Å²) in [4.78, 5) is 0. The molecule has 2 N–H and O–H groups in total. The molecule has 0 aromatic heterocycles. The maximum absolute atomic E-state index is 13.0. The number of benzene rings is 2. The first kappa shape index (κ1) is 21.5. The van der Waals surface area contributed by atoms with E-state index in [1.54, 1.807) is 0 Å². The molecule has 2 rings (SSSR count). The van der Waals surface area contributed by atoms with Gasteiger partial charge in [-0.05, 0) is 54.7 Å². The number of nitrogens with one attached hydrogen (secondary N) is 2. The van der Waals surface area contributed by atoms with Gasteiger partial charge in [-0.2, -0.15) is 13.2 Å². The Labute approximate surface area is 168 Å². The molecule has 0 saturated heterocycles. The van der Waals surface area contributed by atoms with Crippen LogP contribution in [-0.4, -0.2) is 11.2 Å². The number of halogens is 4. The molecular formula is C20H22ClF3N2S. The molecule has 0 heterocycles. The van der Waals surface area contributed by atoms with Crippen LogP contribution in [0.2, 0.25) is 5.02 Å². The lowest BCUT2D eigenvalue weighted by Gasteiger charge is -2.29. The Balaban J connectivity index is 1.99. The van der Waals surface area contributed by atoms with Crippen molar-refractivity contribution in [2.24, 2.45) is 0 Å². The number of thiocarbonyl (C=S) groups is 1. The van der Waals surface area contributed by atoms with E-state index in [9.17, 15) is 13.2 Å². The first-order valence-electron chi connectivity index (χ1n) is 8.49. The third-order valence-electron chi connectivity index (χ3n) is 4.28. The average Bonchev–Trinajstić information content (AvgIpc) is 2.55. The zero-order valence-corrected chi connectivity index (χ0v) is 16.9. The number of hydrogen-bond donors (Lipinski definition) is 2. The van der Waals surface area contributed by atoms with Crippen LogP contribution in [0.3, 0.4) is 0 Å². The van der Waals surface area contributed by atoms with Crippen LogP contribution < -0.4 is 10.6 Å². The highest BCUT2D eigenvalue weighted by Crippen LogP contribution is 2.36. The Kier molecular flexibility index (Phi) is 6.76. The fourth-order valence-corrected chi connectivity index (χ4v) is 3.58. The molecule has 0 fully saturated rings. The first-order chi connectivity index (χ1) is 12.5. The summed E-state index contributed by atoms with van der Waals surface area (Å²) in [5, 5.41) is 5.86. The van der Waals surface area contributed by atoms with E-state index >= 15 is 0 Å². The molecule has 146 valence electrons. The summed E-state index contributed by atoms with van der Waals surface area (Å²) in [7, 11) is 0. The molecular weight excluding hydrogens is 393 g/mol. The monoisotopic (exact) mass is 414 g/mol. The lowest BCUT2D eigenvalue weighted by atomic mass is 9.79. The zero-order chi connectivity index (χ0) is 20.2. The Hall–Kier alpha value is -1.79. The Morgan fingerprint density at radius 2 is 1.74 bits per heavy atom. The summed E-state index contributed by atoms with van der Waals surface area (Å²) >= 11 is 10.9. The third kappa shape index (κ3) is 6.11. The number of rotatable bonds is 5. The van der Waals surface area contributed by atoms with Gasteiger partial charge in [0.25, 0.3) is 0 Å². The molecule has 2 nitrogen and oxygen atoms in total. The van der Waals surface area contributed by atoms with Crippen molar-refractivity contribution < 1.29 is 13.2 Å². The van der Waals surface area contributed by atoms with Crippen molar-refractivity contribution in [3.8, 4) is 0 Å². The van der Waals surface area contributed by atoms with Gasteiger partial charge in [-0.3, -0.25) is 0 Å². The van der Waals surface area contributed by atoms with E-state index < -0.39 is 11.7 Å². The standard InChI is InChI=1S/C20H22ClF3N2S/c1-13(12-19(2,3)14-7-5-4-6-8-14)25-18(27)26-15-9-10-17(21)16(11-15)20(22,23)24/h4-11,13H,12H2,1-3H3,(H2,25,26,27)/t13-/m0/s1. The normalized spacial score (nSPS) is 13.1. The molecule has 0 aliphatic rings. The van der Waals surface area contributed by atoms with E-state index in [0.717, 1.165) is 12.5 Å². The molecule has 0 saturated carbocycles. The van der Waals surface area contributed by atoms with Gasteiger partial charge in [0.15, 0.2) is 5.11 Å². The van der Waals surface area contributed by atoms with Crippen LogP contribution in [0.1, 0.15) is 38.3 Å². The smallest absolute Gasteiger partial charge is 0.360 e. The Morgan fingerprint density at radius 1 is 1.11 bits per heavy atom. The topological polar surface area (TPSA) is 24.1 Å². The Bertz CT molecular complexity index is 792. The van der Waals surface area contributed by atoms with E-state index in [4.69, 9.17) is 23.8 Å². The summed E-state index contributed by atoms with van der Waals surface area (Å²) in [6, 6.07) is 13.8. The van der Waals surface area contributed by atoms with Crippen LogP contribution in [0.25, 0.3) is 0 Å². The van der Waals surface area contributed by atoms with Gasteiger partial charge >= 0.3 is 6.18 Å². The van der Waals surface area contributed by atoms with Gasteiger partial charge in [-0.25, -0.2) is 0 Å². The highest BCUT2D eigenvalue weighted by molar-refractivity contribution is 7.80. The van der Waals surface area contributed by atoms with E-state index in [1.165, 1.54) is 17.7 Å². The fraction of sp³-hybridized carbons (Fsp3) is 0.350. The number of hydrogen-bond acceptors (Lipinski definition) is 1. The van der Waals surface area contributed by atoms with Crippen LogP contribution in [-0.2, 0) is 11.6 Å². The molecule has 0 spiro atoms. The van der Waals surface area contributed by atoms with Gasteiger partial charge < -0.3 is 10.6 Å². The molecule has 0 unspecified atom stereocenters. The summed E-state index contributed by atoms with van der Waals surface area (Å²) in [5.41, 5.74) is 0.478. The maximum Gasteiger partial charge on any atom is 0.417 e. The number of anilines is 1. The van der Waals surface area contributed by atoms with Gasteiger partial charge in [0.05, 0.1) is 10.6 Å². The molecule has 0 aliphatic heterocycles. The minimum atomic E-state index is -4.52. The molecule has 0 bridgehead atoms. The van der Waals surface area contributed by atoms with Crippen LogP contribution in [0, 0.1) is 0 Å². The second-order valence-electron chi connectivity index (χ2n) is 7.15. The highest BCUT2D eigenvalue weighted by Gasteiger charge is 2.33. The third-order valence-corrected chi connectivity index (χ3v) is 4.83. The largest absolute Gasteiger partial charge is 0.417 e. The van der Waals surface area contributed by atoms with Crippen LogP contribution in [0.5, 0.6) is 0 Å². The van der Waals surface area contributed by atoms with Gasteiger partial charge in [-0.15, -0.1) is 0 Å². The number of alkyl halides is 3. The SMILES string of the molecule is C[C@@H](CC(C)(C)c1ccccc1)NC(=S)Nc1ccc(Cl)c(C(F)(F)F)c1. The predicted octanol–water partition coefficient (Wildman–Crippen LogP) is 6.40. The summed E-state index contributed by atoms with van der Waals surface area (Å²) < 4.78 is 38.9. The molecule has 0 amide bonds. The molecule has 7 heteroatoms. The van der Waals surface area contributed by atoms with Crippen molar-refractivity contribution in [2.75, 3.05) is 5.32 Å². The molecule has 1 atom stereocenters. The van der Waals surface area contributed by atoms with Crippen LogP contribution in [0.15, 0.2) is 48.5 Å². The minimum absolute atomic E-state index is 0.0228. The molecule has 27 heavy (non-hydrogen) atoms. The van der Waals surface area contributed by atoms with E-state index in [1.807, 2.05) is 25.1 Å². The summed E-state index contributed by atoms with van der Waals surface area (Å²) in [5.74, 6) is 0. The maximum atomic E-state index is 13.0. The van der Waals surface area contributed by atoms with Gasteiger partial charge in [0.2, 0.25) is 0 Å². The second-order valence-corrected chi connectivity index (χ2v) is 7.96. The van der Waals surface area contributed by atoms with E-state index in [0.29, 0.717) is 0 Å². The van der Waals surface area contributed by atoms with Crippen molar-refractivity contribution >= 4 is 34.6 Å². The van der Waals surface area contributed by atoms with Gasteiger partial charge in [0, 0.05) is 11.7 Å². The predicted molar refractivity (Wildman–Crippen MR) is 109 cm³/mol. The van der Waals surface area contributed by atoms with Crippen molar-refractivity contribution in [3.63, 3.8) is 0 Å². The average molecular weight is 415 g/mol. The van der Waals surface area contributed by atoms with E-state index in [2.05, 4.69) is 36.6 Å². The molecule has 0 radical (unpaired) electrons. The van der Waals surface area contributed by atoms with Crippen molar-refractivity contribution in [2.45, 2.75) is 44.8 Å². The van der Waals surface area contributed by atoms with Crippen LogP contribution >= 0.6 is 23.8 Å². The van der Waals surface area contributed by atoms with Crippen molar-refractivity contribution in [1.82, 2.24) is 5.32 Å². The quantitative estimate of drug-likeness (QED) is 0.553.